The molecule has 0 spiro atoms. The van der Waals surface area contributed by atoms with Crippen molar-refractivity contribution in [3.05, 3.63) is 0 Å². The van der Waals surface area contributed by atoms with Crippen LogP contribution in [0.5, 0.6) is 0 Å². The van der Waals surface area contributed by atoms with E-state index in [2.05, 4.69) is 6.92 Å². The molecule has 0 saturated heterocycles. The lowest BCUT2D eigenvalue weighted by molar-refractivity contribution is -0.0173. The van der Waals surface area contributed by atoms with Crippen LogP contribution >= 0.6 is 0 Å². The molecule has 14 heavy (non-hydrogen) atoms. The average molecular weight is 196 g/mol. The molecule has 0 bridgehead atoms. The zero-order chi connectivity index (χ0) is 10.0. The molecule has 2 rings (SSSR count). The van der Waals surface area contributed by atoms with Crippen molar-refractivity contribution >= 4 is 0 Å². The van der Waals surface area contributed by atoms with Gasteiger partial charge in [0.1, 0.15) is 0 Å². The first-order valence-corrected chi connectivity index (χ1v) is 6.46. The van der Waals surface area contributed by atoms with Crippen molar-refractivity contribution in [1.82, 2.24) is 0 Å². The third kappa shape index (κ3) is 1.71. The second-order valence-electron chi connectivity index (χ2n) is 5.41. The lowest BCUT2D eigenvalue weighted by atomic mass is 9.72. The second kappa shape index (κ2) is 4.22. The quantitative estimate of drug-likeness (QED) is 0.732. The average Bonchev–Trinajstić information content (AvgIpc) is 2.89. The van der Waals surface area contributed by atoms with Crippen LogP contribution in [0, 0.1) is 11.3 Å². The first-order valence-electron chi connectivity index (χ1n) is 6.46. The summed E-state index contributed by atoms with van der Waals surface area (Å²) in [4.78, 5) is 0. The largest absolute Gasteiger partial charge is 0.392 e. The fraction of sp³-hybridized carbons (Fsp3) is 1.00. The van der Waals surface area contributed by atoms with Crippen LogP contribution in [0.2, 0.25) is 0 Å². The first kappa shape index (κ1) is 10.5. The van der Waals surface area contributed by atoms with E-state index in [0.717, 1.165) is 0 Å². The molecule has 82 valence electrons. The fourth-order valence-corrected chi connectivity index (χ4v) is 3.71. The predicted octanol–water partition coefficient (Wildman–Crippen LogP) is 3.51. The molecule has 0 heterocycles. The van der Waals surface area contributed by atoms with Crippen LogP contribution in [-0.2, 0) is 0 Å². The van der Waals surface area contributed by atoms with Crippen LogP contribution in [0.1, 0.15) is 64.7 Å². The van der Waals surface area contributed by atoms with Gasteiger partial charge < -0.3 is 5.11 Å². The van der Waals surface area contributed by atoms with E-state index in [0.29, 0.717) is 11.3 Å². The Labute approximate surface area is 87.9 Å². The molecule has 0 aromatic rings. The van der Waals surface area contributed by atoms with E-state index in [1.807, 2.05) is 0 Å². The molecule has 0 aliphatic heterocycles. The van der Waals surface area contributed by atoms with Crippen LogP contribution in [0.4, 0.5) is 0 Å². The van der Waals surface area contributed by atoms with E-state index in [9.17, 15) is 5.11 Å². The van der Waals surface area contributed by atoms with E-state index in [4.69, 9.17) is 0 Å². The minimum atomic E-state index is 0.0116. The summed E-state index contributed by atoms with van der Waals surface area (Å²) in [6.45, 7) is 2.27. The SMILES string of the molecule is CCC1(C(O)C2CCCC2)CCCC1. The fourth-order valence-electron chi connectivity index (χ4n) is 3.71. The number of rotatable bonds is 3. The zero-order valence-corrected chi connectivity index (χ0v) is 9.47. The highest BCUT2D eigenvalue weighted by molar-refractivity contribution is 4.93. The Morgan fingerprint density at radius 3 is 2.21 bits per heavy atom. The molecule has 1 nitrogen and oxygen atoms in total. The van der Waals surface area contributed by atoms with Gasteiger partial charge in [0.25, 0.3) is 0 Å². The molecule has 0 radical (unpaired) electrons. The summed E-state index contributed by atoms with van der Waals surface area (Å²) in [7, 11) is 0. The highest BCUT2D eigenvalue weighted by Crippen LogP contribution is 2.48. The van der Waals surface area contributed by atoms with E-state index >= 15 is 0 Å². The lowest BCUT2D eigenvalue weighted by Crippen LogP contribution is -2.37. The normalized spacial score (nSPS) is 29.6. The smallest absolute Gasteiger partial charge is 0.0624 e. The van der Waals surface area contributed by atoms with Crippen molar-refractivity contribution in [3.8, 4) is 0 Å². The predicted molar refractivity (Wildman–Crippen MR) is 59.2 cm³/mol. The molecular weight excluding hydrogens is 172 g/mol. The minimum absolute atomic E-state index is 0.0116. The van der Waals surface area contributed by atoms with Gasteiger partial charge in [0.15, 0.2) is 0 Å². The molecule has 2 aliphatic carbocycles. The second-order valence-corrected chi connectivity index (χ2v) is 5.41. The van der Waals surface area contributed by atoms with Gasteiger partial charge >= 0.3 is 0 Å². The van der Waals surface area contributed by atoms with Crippen molar-refractivity contribution in [1.29, 1.82) is 0 Å². The van der Waals surface area contributed by atoms with Gasteiger partial charge in [-0.2, -0.15) is 0 Å². The van der Waals surface area contributed by atoms with Gasteiger partial charge in [-0.15, -0.1) is 0 Å². The molecule has 0 amide bonds. The van der Waals surface area contributed by atoms with Gasteiger partial charge in [-0.25, -0.2) is 0 Å². The van der Waals surface area contributed by atoms with E-state index in [1.54, 1.807) is 0 Å². The third-order valence-corrected chi connectivity index (χ3v) is 4.78. The summed E-state index contributed by atoms with van der Waals surface area (Å²) in [5, 5.41) is 10.5. The summed E-state index contributed by atoms with van der Waals surface area (Å²) in [6, 6.07) is 0. The Bertz CT molecular complexity index is 176. The van der Waals surface area contributed by atoms with Gasteiger partial charge in [0.05, 0.1) is 6.10 Å². The molecule has 1 atom stereocenters. The Hall–Kier alpha value is -0.0400. The number of hydrogen-bond acceptors (Lipinski definition) is 1. The topological polar surface area (TPSA) is 20.2 Å². The van der Waals surface area contributed by atoms with Crippen molar-refractivity contribution in [2.75, 3.05) is 0 Å². The Kier molecular flexibility index (Phi) is 3.16. The summed E-state index contributed by atoms with van der Waals surface area (Å²) in [5.41, 5.74) is 0.314. The van der Waals surface area contributed by atoms with Crippen molar-refractivity contribution in [2.24, 2.45) is 11.3 Å². The Balaban J connectivity index is 2.02. The van der Waals surface area contributed by atoms with E-state index in [1.165, 1.54) is 57.8 Å². The van der Waals surface area contributed by atoms with Crippen LogP contribution in [0.25, 0.3) is 0 Å². The maximum Gasteiger partial charge on any atom is 0.0624 e. The molecule has 1 N–H and O–H groups in total. The van der Waals surface area contributed by atoms with E-state index in [-0.39, 0.29) is 6.10 Å². The van der Waals surface area contributed by atoms with Gasteiger partial charge in [-0.05, 0) is 43.4 Å². The standard InChI is InChI=1S/C13H24O/c1-2-13(9-5-6-10-13)12(14)11-7-3-4-8-11/h11-12,14H,2-10H2,1H3. The molecule has 1 unspecified atom stereocenters. The summed E-state index contributed by atoms with van der Waals surface area (Å²) < 4.78 is 0. The number of aliphatic hydroxyl groups is 1. The van der Waals surface area contributed by atoms with Gasteiger partial charge in [0, 0.05) is 0 Å². The highest BCUT2D eigenvalue weighted by Gasteiger charge is 2.42. The van der Waals surface area contributed by atoms with Crippen molar-refractivity contribution in [2.45, 2.75) is 70.8 Å². The summed E-state index contributed by atoms with van der Waals surface area (Å²) >= 11 is 0. The molecule has 2 aliphatic rings. The Morgan fingerprint density at radius 2 is 1.71 bits per heavy atom. The summed E-state index contributed by atoms with van der Waals surface area (Å²) in [5.74, 6) is 0.632. The lowest BCUT2D eigenvalue weighted by Gasteiger charge is -2.37. The van der Waals surface area contributed by atoms with Crippen LogP contribution in [-0.4, -0.2) is 11.2 Å². The van der Waals surface area contributed by atoms with Crippen LogP contribution < -0.4 is 0 Å². The number of aliphatic hydroxyl groups excluding tert-OH is 1. The molecule has 0 aromatic heterocycles. The number of hydrogen-bond donors (Lipinski definition) is 1. The van der Waals surface area contributed by atoms with Crippen LogP contribution in [0.3, 0.4) is 0 Å². The minimum Gasteiger partial charge on any atom is -0.392 e. The maximum absolute atomic E-state index is 10.5. The molecule has 1 heteroatoms. The maximum atomic E-state index is 10.5. The molecular formula is C13H24O. The van der Waals surface area contributed by atoms with Gasteiger partial charge in [-0.1, -0.05) is 32.6 Å². The van der Waals surface area contributed by atoms with Gasteiger partial charge in [-0.3, -0.25) is 0 Å². The van der Waals surface area contributed by atoms with Crippen molar-refractivity contribution in [3.63, 3.8) is 0 Å². The van der Waals surface area contributed by atoms with E-state index < -0.39 is 0 Å². The van der Waals surface area contributed by atoms with Gasteiger partial charge in [0.2, 0.25) is 0 Å². The first-order chi connectivity index (χ1) is 6.78. The molecule has 2 fully saturated rings. The third-order valence-electron chi connectivity index (χ3n) is 4.78. The summed E-state index contributed by atoms with van der Waals surface area (Å²) in [6.07, 6.45) is 11.7. The highest BCUT2D eigenvalue weighted by atomic mass is 16.3. The molecule has 2 saturated carbocycles. The molecule has 0 aromatic carbocycles. The monoisotopic (exact) mass is 196 g/mol. The zero-order valence-electron chi connectivity index (χ0n) is 9.47. The van der Waals surface area contributed by atoms with Crippen LogP contribution in [0.15, 0.2) is 0 Å². The van der Waals surface area contributed by atoms with Crippen molar-refractivity contribution < 1.29 is 5.11 Å². The Morgan fingerprint density at radius 1 is 1.14 bits per heavy atom.